The number of sulfonamides is 1. The van der Waals surface area contributed by atoms with Crippen molar-refractivity contribution in [2.45, 2.75) is 6.54 Å². The topological polar surface area (TPSA) is 49.4 Å². The van der Waals surface area contributed by atoms with Crippen LogP contribution in [0.25, 0.3) is 0 Å². The van der Waals surface area contributed by atoms with Gasteiger partial charge < -0.3 is 5.32 Å². The van der Waals surface area contributed by atoms with Crippen LogP contribution in [0.2, 0.25) is 0 Å². The molecule has 0 spiro atoms. The number of benzene rings is 1. The summed E-state index contributed by atoms with van der Waals surface area (Å²) in [6.45, 7) is 2.25. The molecule has 1 saturated heterocycles. The Bertz CT molecular complexity index is 473. The highest BCUT2D eigenvalue weighted by Crippen LogP contribution is 2.14. The first-order valence-corrected chi connectivity index (χ1v) is 7.91. The zero-order chi connectivity index (χ0) is 12.3. The molecule has 94 valence electrons. The van der Waals surface area contributed by atoms with Crippen molar-refractivity contribution >= 4 is 26.0 Å². The Morgan fingerprint density at radius 3 is 2.65 bits per heavy atom. The van der Waals surface area contributed by atoms with Crippen LogP contribution in [-0.2, 0) is 16.6 Å². The maximum atomic E-state index is 11.9. The van der Waals surface area contributed by atoms with E-state index in [0.717, 1.165) is 16.6 Å². The van der Waals surface area contributed by atoms with Gasteiger partial charge in [-0.2, -0.15) is 4.31 Å². The maximum Gasteiger partial charge on any atom is 0.215 e. The molecule has 1 aliphatic heterocycles. The minimum Gasteiger partial charge on any atom is -0.314 e. The molecule has 2 rings (SSSR count). The lowest BCUT2D eigenvalue weighted by Crippen LogP contribution is -2.33. The lowest BCUT2D eigenvalue weighted by molar-refractivity contribution is 0.415. The Labute approximate surface area is 110 Å². The van der Waals surface area contributed by atoms with Crippen LogP contribution in [0.5, 0.6) is 0 Å². The monoisotopic (exact) mass is 318 g/mol. The van der Waals surface area contributed by atoms with Gasteiger partial charge in [0.15, 0.2) is 0 Å². The van der Waals surface area contributed by atoms with Crippen molar-refractivity contribution in [1.29, 1.82) is 0 Å². The van der Waals surface area contributed by atoms with Gasteiger partial charge in [0.25, 0.3) is 0 Å². The Balaban J connectivity index is 2.13. The average Bonchev–Trinajstić information content (AvgIpc) is 2.44. The molecule has 0 aromatic heterocycles. The van der Waals surface area contributed by atoms with Crippen molar-refractivity contribution in [2.75, 3.05) is 25.4 Å². The molecular weight excluding hydrogens is 304 g/mol. The summed E-state index contributed by atoms with van der Waals surface area (Å²) in [6, 6.07) is 7.74. The van der Waals surface area contributed by atoms with Crippen LogP contribution in [0.1, 0.15) is 5.56 Å². The highest BCUT2D eigenvalue weighted by Gasteiger charge is 2.23. The summed E-state index contributed by atoms with van der Waals surface area (Å²) < 4.78 is 26.5. The molecule has 1 N–H and O–H groups in total. The van der Waals surface area contributed by atoms with Gasteiger partial charge in [0, 0.05) is 30.7 Å². The van der Waals surface area contributed by atoms with Gasteiger partial charge in [0.05, 0.1) is 5.75 Å². The Kier molecular flexibility index (Phi) is 4.19. The van der Waals surface area contributed by atoms with Crippen molar-refractivity contribution < 1.29 is 8.42 Å². The second kappa shape index (κ2) is 5.48. The van der Waals surface area contributed by atoms with Crippen molar-refractivity contribution in [3.8, 4) is 0 Å². The van der Waals surface area contributed by atoms with Gasteiger partial charge in [-0.25, -0.2) is 8.42 Å². The molecule has 1 aromatic carbocycles. The average molecular weight is 319 g/mol. The summed E-state index contributed by atoms with van der Waals surface area (Å²) in [6.07, 6.45) is 0. The third kappa shape index (κ3) is 3.51. The first-order chi connectivity index (χ1) is 8.08. The molecule has 0 unspecified atom stereocenters. The maximum absolute atomic E-state index is 11.9. The predicted molar refractivity (Wildman–Crippen MR) is 71.2 cm³/mol. The van der Waals surface area contributed by atoms with Gasteiger partial charge in [-0.1, -0.05) is 28.1 Å². The molecule has 17 heavy (non-hydrogen) atoms. The SMILES string of the molecule is O=S1(=O)CCNCCN1Cc1ccc(Br)cc1. The molecule has 1 aromatic rings. The second-order valence-electron chi connectivity index (χ2n) is 4.03. The van der Waals surface area contributed by atoms with E-state index >= 15 is 0 Å². The molecule has 4 nitrogen and oxygen atoms in total. The molecule has 1 aliphatic rings. The molecule has 0 radical (unpaired) electrons. The standard InChI is InChI=1S/C11H15BrN2O2S/c12-11-3-1-10(2-4-11)9-14-7-5-13-6-8-17(14,15)16/h1-4,13H,5-9H2. The van der Waals surface area contributed by atoms with Crippen LogP contribution in [0.15, 0.2) is 28.7 Å². The molecule has 1 fully saturated rings. The molecule has 0 saturated carbocycles. The molecule has 1 heterocycles. The Morgan fingerprint density at radius 2 is 1.94 bits per heavy atom. The highest BCUT2D eigenvalue weighted by molar-refractivity contribution is 9.10. The fourth-order valence-electron chi connectivity index (χ4n) is 1.77. The molecule has 6 heteroatoms. The molecular formula is C11H15BrN2O2S. The Hall–Kier alpha value is -0.430. The van der Waals surface area contributed by atoms with E-state index in [1.807, 2.05) is 24.3 Å². The van der Waals surface area contributed by atoms with Crippen molar-refractivity contribution in [1.82, 2.24) is 9.62 Å². The predicted octanol–water partition coefficient (Wildman–Crippen LogP) is 1.18. The van der Waals surface area contributed by atoms with Gasteiger partial charge >= 0.3 is 0 Å². The van der Waals surface area contributed by atoms with E-state index in [1.54, 1.807) is 4.31 Å². The van der Waals surface area contributed by atoms with Gasteiger partial charge in [-0.05, 0) is 17.7 Å². The zero-order valence-electron chi connectivity index (χ0n) is 9.39. The van der Waals surface area contributed by atoms with E-state index in [2.05, 4.69) is 21.2 Å². The van der Waals surface area contributed by atoms with E-state index in [-0.39, 0.29) is 5.75 Å². The van der Waals surface area contributed by atoms with Crippen molar-refractivity contribution in [3.63, 3.8) is 0 Å². The fourth-order valence-corrected chi connectivity index (χ4v) is 3.41. The number of nitrogens with one attached hydrogen (secondary N) is 1. The second-order valence-corrected chi connectivity index (χ2v) is 7.03. The lowest BCUT2D eigenvalue weighted by atomic mass is 10.2. The summed E-state index contributed by atoms with van der Waals surface area (Å²) in [5.74, 6) is 0.184. The van der Waals surface area contributed by atoms with Crippen LogP contribution in [0.4, 0.5) is 0 Å². The van der Waals surface area contributed by atoms with Crippen LogP contribution in [-0.4, -0.2) is 38.1 Å². The third-order valence-electron chi connectivity index (χ3n) is 2.74. The van der Waals surface area contributed by atoms with Gasteiger partial charge in [0.2, 0.25) is 10.0 Å². The number of hydrogen-bond acceptors (Lipinski definition) is 3. The van der Waals surface area contributed by atoms with Crippen molar-refractivity contribution in [2.24, 2.45) is 0 Å². The summed E-state index contributed by atoms with van der Waals surface area (Å²) in [4.78, 5) is 0. The van der Waals surface area contributed by atoms with E-state index < -0.39 is 10.0 Å². The number of halogens is 1. The van der Waals surface area contributed by atoms with Gasteiger partial charge in [-0.15, -0.1) is 0 Å². The first-order valence-electron chi connectivity index (χ1n) is 5.51. The van der Waals surface area contributed by atoms with E-state index in [1.165, 1.54) is 0 Å². The van der Waals surface area contributed by atoms with Crippen molar-refractivity contribution in [3.05, 3.63) is 34.3 Å². The van der Waals surface area contributed by atoms with E-state index in [9.17, 15) is 8.42 Å². The lowest BCUT2D eigenvalue weighted by Gasteiger charge is -2.19. The summed E-state index contributed by atoms with van der Waals surface area (Å²) in [5.41, 5.74) is 1.01. The minimum absolute atomic E-state index is 0.184. The zero-order valence-corrected chi connectivity index (χ0v) is 11.8. The minimum atomic E-state index is -3.11. The van der Waals surface area contributed by atoms with E-state index in [0.29, 0.717) is 19.6 Å². The van der Waals surface area contributed by atoms with Gasteiger partial charge in [0.1, 0.15) is 0 Å². The van der Waals surface area contributed by atoms with Gasteiger partial charge in [-0.3, -0.25) is 0 Å². The summed E-state index contributed by atoms with van der Waals surface area (Å²) in [7, 11) is -3.11. The normalized spacial score (nSPS) is 21.0. The van der Waals surface area contributed by atoms with Crippen LogP contribution >= 0.6 is 15.9 Å². The van der Waals surface area contributed by atoms with Crippen LogP contribution < -0.4 is 5.32 Å². The Morgan fingerprint density at radius 1 is 1.24 bits per heavy atom. The molecule has 0 atom stereocenters. The van der Waals surface area contributed by atoms with E-state index in [4.69, 9.17) is 0 Å². The molecule has 0 bridgehead atoms. The number of hydrogen-bond donors (Lipinski definition) is 1. The summed E-state index contributed by atoms with van der Waals surface area (Å²) >= 11 is 3.36. The third-order valence-corrected chi connectivity index (χ3v) is 5.09. The molecule has 0 aliphatic carbocycles. The van der Waals surface area contributed by atoms with Crippen LogP contribution in [0.3, 0.4) is 0 Å². The quantitative estimate of drug-likeness (QED) is 0.891. The largest absolute Gasteiger partial charge is 0.314 e. The highest BCUT2D eigenvalue weighted by atomic mass is 79.9. The molecule has 0 amide bonds. The first kappa shape index (κ1) is 13.0. The van der Waals surface area contributed by atoms with Crippen LogP contribution in [0, 0.1) is 0 Å². The fraction of sp³-hybridized carbons (Fsp3) is 0.455. The summed E-state index contributed by atoms with van der Waals surface area (Å²) in [5, 5.41) is 3.10. The number of rotatable bonds is 2. The smallest absolute Gasteiger partial charge is 0.215 e. The number of nitrogens with zero attached hydrogens (tertiary/aromatic N) is 1.